The number of benzene rings is 2. The summed E-state index contributed by atoms with van der Waals surface area (Å²) >= 11 is 0. The van der Waals surface area contributed by atoms with E-state index in [1.807, 2.05) is 19.9 Å². The van der Waals surface area contributed by atoms with Crippen LogP contribution in [0.4, 0.5) is 0 Å². The van der Waals surface area contributed by atoms with Crippen LogP contribution < -0.4 is 9.47 Å². The topological polar surface area (TPSA) is 76.1 Å². The number of carboxylic acids is 1. The third-order valence-electron chi connectivity index (χ3n) is 7.57. The molecular formula is C35H53NO5. The molecular weight excluding hydrogens is 514 g/mol. The number of unbranched alkanes of at least 4 members (excludes halogenated alkanes) is 11. The number of carbonyl (C=O) groups excluding carboxylic acids is 1. The van der Waals surface area contributed by atoms with Crippen molar-refractivity contribution in [3.8, 4) is 11.5 Å². The summed E-state index contributed by atoms with van der Waals surface area (Å²) in [4.78, 5) is 27.2. The van der Waals surface area contributed by atoms with Crippen LogP contribution in [0.1, 0.15) is 131 Å². The van der Waals surface area contributed by atoms with Crippen molar-refractivity contribution in [2.75, 3.05) is 26.3 Å². The first-order valence-corrected chi connectivity index (χ1v) is 16.0. The summed E-state index contributed by atoms with van der Waals surface area (Å²) in [6, 6.07) is 13.7. The largest absolute Gasteiger partial charge is 0.490 e. The Morgan fingerprint density at radius 1 is 0.683 bits per heavy atom. The van der Waals surface area contributed by atoms with Gasteiger partial charge in [-0.05, 0) is 63.6 Å². The van der Waals surface area contributed by atoms with Crippen LogP contribution >= 0.6 is 0 Å². The number of carbonyl (C=O) groups is 2. The third-order valence-corrected chi connectivity index (χ3v) is 7.57. The standard InChI is InChI=1S/C35H53NO5/c1-4-7-8-9-10-11-12-13-14-20-28-41-33-31(40-27-21-16-19-24-29-22-17-15-18-23-29)26-25-30(32(33)35(38)39)34(37)36(5-2)6-3/h15,17-18,22-23,25-26H,4-14,16,19-21,24,27-28H2,1-3H3,(H,38,39). The monoisotopic (exact) mass is 567 g/mol. The fourth-order valence-electron chi connectivity index (χ4n) is 5.09. The van der Waals surface area contributed by atoms with Gasteiger partial charge < -0.3 is 19.5 Å². The molecule has 41 heavy (non-hydrogen) atoms. The molecule has 0 aromatic heterocycles. The molecule has 0 bridgehead atoms. The lowest BCUT2D eigenvalue weighted by molar-refractivity contribution is 0.0671. The van der Waals surface area contributed by atoms with Gasteiger partial charge in [-0.25, -0.2) is 4.79 Å². The number of amides is 1. The number of hydrogen-bond acceptors (Lipinski definition) is 4. The molecule has 0 atom stereocenters. The summed E-state index contributed by atoms with van der Waals surface area (Å²) in [5.74, 6) is -0.903. The Balaban J connectivity index is 1.98. The highest BCUT2D eigenvalue weighted by atomic mass is 16.5. The lowest BCUT2D eigenvalue weighted by atomic mass is 10.0. The Bertz CT molecular complexity index is 1000. The summed E-state index contributed by atoms with van der Waals surface area (Å²) in [7, 11) is 0. The fourth-order valence-corrected chi connectivity index (χ4v) is 5.09. The summed E-state index contributed by atoms with van der Waals surface area (Å²) in [5, 5.41) is 10.2. The van der Waals surface area contributed by atoms with E-state index in [1.54, 1.807) is 17.0 Å². The normalized spacial score (nSPS) is 10.9. The van der Waals surface area contributed by atoms with Crippen LogP contribution in [-0.2, 0) is 6.42 Å². The summed E-state index contributed by atoms with van der Waals surface area (Å²) in [6.07, 6.45) is 16.0. The molecule has 0 aliphatic carbocycles. The molecule has 1 N–H and O–H groups in total. The molecule has 6 heteroatoms. The van der Waals surface area contributed by atoms with Crippen molar-refractivity contribution in [3.63, 3.8) is 0 Å². The number of ether oxygens (including phenoxy) is 2. The zero-order valence-corrected chi connectivity index (χ0v) is 25.8. The molecule has 6 nitrogen and oxygen atoms in total. The first-order valence-electron chi connectivity index (χ1n) is 16.0. The predicted octanol–water partition coefficient (Wildman–Crippen LogP) is 8.96. The van der Waals surface area contributed by atoms with E-state index in [1.165, 1.54) is 50.5 Å². The Morgan fingerprint density at radius 3 is 1.83 bits per heavy atom. The molecule has 0 aliphatic heterocycles. The zero-order valence-electron chi connectivity index (χ0n) is 25.8. The number of aryl methyl sites for hydroxylation is 1. The van der Waals surface area contributed by atoms with E-state index < -0.39 is 5.97 Å². The van der Waals surface area contributed by atoms with Gasteiger partial charge in [-0.1, -0.05) is 95.0 Å². The highest BCUT2D eigenvalue weighted by Gasteiger charge is 2.27. The SMILES string of the molecule is CCCCCCCCCCCCOc1c(OCCCCCc2ccccc2)ccc(C(=O)N(CC)CC)c1C(=O)O. The van der Waals surface area contributed by atoms with Crippen molar-refractivity contribution in [2.24, 2.45) is 0 Å². The first-order chi connectivity index (χ1) is 20.0. The highest BCUT2D eigenvalue weighted by Crippen LogP contribution is 2.35. The van der Waals surface area contributed by atoms with Crippen LogP contribution in [0.3, 0.4) is 0 Å². The van der Waals surface area contributed by atoms with Gasteiger partial charge in [-0.2, -0.15) is 0 Å². The second-order valence-electron chi connectivity index (χ2n) is 10.8. The van der Waals surface area contributed by atoms with E-state index >= 15 is 0 Å². The lowest BCUT2D eigenvalue weighted by Crippen LogP contribution is -2.32. The smallest absolute Gasteiger partial charge is 0.340 e. The van der Waals surface area contributed by atoms with Gasteiger partial charge in [0.25, 0.3) is 5.91 Å². The molecule has 1 amide bonds. The van der Waals surface area contributed by atoms with Gasteiger partial charge in [0, 0.05) is 13.1 Å². The third kappa shape index (κ3) is 12.6. The van der Waals surface area contributed by atoms with Crippen molar-refractivity contribution in [1.29, 1.82) is 0 Å². The number of carboxylic acid groups (broad SMARTS) is 1. The van der Waals surface area contributed by atoms with Gasteiger partial charge in [-0.15, -0.1) is 0 Å². The molecule has 2 aromatic rings. The molecule has 0 spiro atoms. The van der Waals surface area contributed by atoms with Crippen LogP contribution in [0, 0.1) is 0 Å². The van der Waals surface area contributed by atoms with E-state index in [2.05, 4.69) is 31.2 Å². The van der Waals surface area contributed by atoms with Crippen LogP contribution in [0.5, 0.6) is 11.5 Å². The Hall–Kier alpha value is -3.02. The predicted molar refractivity (Wildman–Crippen MR) is 167 cm³/mol. The quantitative estimate of drug-likeness (QED) is 0.136. The van der Waals surface area contributed by atoms with E-state index in [0.29, 0.717) is 32.1 Å². The number of nitrogens with zero attached hydrogens (tertiary/aromatic N) is 1. The minimum atomic E-state index is -1.17. The van der Waals surface area contributed by atoms with Crippen molar-refractivity contribution in [1.82, 2.24) is 4.90 Å². The minimum Gasteiger partial charge on any atom is -0.490 e. The second-order valence-corrected chi connectivity index (χ2v) is 10.8. The van der Waals surface area contributed by atoms with Crippen LogP contribution in [0.25, 0.3) is 0 Å². The van der Waals surface area contributed by atoms with Crippen molar-refractivity contribution < 1.29 is 24.2 Å². The Kier molecular flexibility index (Phi) is 17.3. The maximum atomic E-state index is 13.2. The van der Waals surface area contributed by atoms with Crippen LogP contribution in [-0.4, -0.2) is 48.2 Å². The van der Waals surface area contributed by atoms with Crippen molar-refractivity contribution in [2.45, 2.75) is 111 Å². The van der Waals surface area contributed by atoms with Gasteiger partial charge in [0.05, 0.1) is 18.8 Å². The summed E-state index contributed by atoms with van der Waals surface area (Å²) < 4.78 is 12.2. The maximum Gasteiger partial charge on any atom is 0.340 e. The Morgan fingerprint density at radius 2 is 1.24 bits per heavy atom. The molecule has 0 aliphatic rings. The van der Waals surface area contributed by atoms with Crippen molar-refractivity contribution in [3.05, 3.63) is 59.2 Å². The average molecular weight is 568 g/mol. The highest BCUT2D eigenvalue weighted by molar-refractivity contribution is 6.07. The molecule has 0 unspecified atom stereocenters. The van der Waals surface area contributed by atoms with E-state index in [-0.39, 0.29) is 22.8 Å². The molecule has 2 aromatic carbocycles. The summed E-state index contributed by atoms with van der Waals surface area (Å²) in [6.45, 7) is 7.89. The van der Waals surface area contributed by atoms with E-state index in [4.69, 9.17) is 9.47 Å². The van der Waals surface area contributed by atoms with Gasteiger partial charge >= 0.3 is 5.97 Å². The number of hydrogen-bond donors (Lipinski definition) is 1. The Labute approximate surface area is 248 Å². The van der Waals surface area contributed by atoms with E-state index in [0.717, 1.165) is 44.9 Å². The van der Waals surface area contributed by atoms with Crippen LogP contribution in [0.2, 0.25) is 0 Å². The molecule has 0 heterocycles. The second kappa shape index (κ2) is 20.8. The molecule has 0 radical (unpaired) electrons. The van der Waals surface area contributed by atoms with Gasteiger partial charge in [0.15, 0.2) is 11.5 Å². The lowest BCUT2D eigenvalue weighted by Gasteiger charge is -2.22. The van der Waals surface area contributed by atoms with Gasteiger partial charge in [0.2, 0.25) is 0 Å². The number of aromatic carboxylic acids is 1. The fraction of sp³-hybridized carbons (Fsp3) is 0.600. The minimum absolute atomic E-state index is 0.101. The molecule has 0 fully saturated rings. The molecule has 0 saturated carbocycles. The zero-order chi connectivity index (χ0) is 29.7. The van der Waals surface area contributed by atoms with Gasteiger partial charge in [-0.3, -0.25) is 4.79 Å². The molecule has 2 rings (SSSR count). The van der Waals surface area contributed by atoms with E-state index in [9.17, 15) is 14.7 Å². The summed E-state index contributed by atoms with van der Waals surface area (Å²) in [5.41, 5.74) is 1.38. The number of rotatable bonds is 23. The van der Waals surface area contributed by atoms with Gasteiger partial charge in [0.1, 0.15) is 5.56 Å². The first kappa shape index (κ1) is 34.2. The average Bonchev–Trinajstić information content (AvgIpc) is 2.98. The molecule has 228 valence electrons. The maximum absolute atomic E-state index is 13.2. The molecule has 0 saturated heterocycles. The van der Waals surface area contributed by atoms with Crippen molar-refractivity contribution >= 4 is 11.9 Å². The van der Waals surface area contributed by atoms with Crippen LogP contribution in [0.15, 0.2) is 42.5 Å².